The molecule has 0 fully saturated rings. The Hall–Kier alpha value is -2.75. The van der Waals surface area contributed by atoms with E-state index in [-0.39, 0.29) is 18.5 Å². The van der Waals surface area contributed by atoms with E-state index < -0.39 is 0 Å². The summed E-state index contributed by atoms with van der Waals surface area (Å²) in [6, 6.07) is 11.3. The van der Waals surface area contributed by atoms with Crippen LogP contribution in [-0.4, -0.2) is 25.1 Å². The molecular weight excluding hydrogens is 316 g/mol. The van der Waals surface area contributed by atoms with Gasteiger partial charge in [-0.1, -0.05) is 12.1 Å². The SMILES string of the molecule is CCOc1cc2c(cc1/C=C1\COc3ccccc3C1=O)O[C@@H](C)C2. The van der Waals surface area contributed by atoms with E-state index >= 15 is 0 Å². The lowest BCUT2D eigenvalue weighted by molar-refractivity contribution is 0.100. The minimum atomic E-state index is -0.000849. The lowest BCUT2D eigenvalue weighted by Gasteiger charge is -2.19. The molecule has 0 amide bonds. The monoisotopic (exact) mass is 336 g/mol. The number of carbonyl (C=O) groups excluding carboxylic acids is 1. The number of benzene rings is 2. The van der Waals surface area contributed by atoms with E-state index in [1.165, 1.54) is 0 Å². The minimum absolute atomic E-state index is 0.000849. The van der Waals surface area contributed by atoms with Gasteiger partial charge in [-0.05, 0) is 44.2 Å². The standard InChI is InChI=1S/C21H20O4/c1-3-23-19-10-14-8-13(2)25-20(14)11-15(19)9-16-12-24-18-7-5-4-6-17(18)21(16)22/h4-7,9-11,13H,3,8,12H2,1-2H3/b16-9+/t13-/m0/s1. The molecule has 128 valence electrons. The van der Waals surface area contributed by atoms with Gasteiger partial charge in [0.1, 0.15) is 30.0 Å². The highest BCUT2D eigenvalue weighted by Gasteiger charge is 2.25. The van der Waals surface area contributed by atoms with Crippen molar-refractivity contribution < 1.29 is 19.0 Å². The number of hydrogen-bond acceptors (Lipinski definition) is 4. The van der Waals surface area contributed by atoms with Gasteiger partial charge < -0.3 is 14.2 Å². The Bertz CT molecular complexity index is 866. The highest BCUT2D eigenvalue weighted by atomic mass is 16.5. The molecule has 0 saturated heterocycles. The Morgan fingerprint density at radius 3 is 2.92 bits per heavy atom. The van der Waals surface area contributed by atoms with Crippen LogP contribution >= 0.6 is 0 Å². The van der Waals surface area contributed by atoms with Gasteiger partial charge in [0.2, 0.25) is 0 Å². The van der Waals surface area contributed by atoms with Gasteiger partial charge in [0.15, 0.2) is 5.78 Å². The summed E-state index contributed by atoms with van der Waals surface area (Å²) in [6.07, 6.45) is 2.90. The number of carbonyl (C=O) groups is 1. The number of ether oxygens (including phenoxy) is 3. The lowest BCUT2D eigenvalue weighted by Crippen LogP contribution is -2.18. The summed E-state index contributed by atoms with van der Waals surface area (Å²) in [5.74, 6) is 2.28. The summed E-state index contributed by atoms with van der Waals surface area (Å²) < 4.78 is 17.4. The van der Waals surface area contributed by atoms with Crippen LogP contribution in [0.3, 0.4) is 0 Å². The molecule has 0 spiro atoms. The predicted molar refractivity (Wildman–Crippen MR) is 95.6 cm³/mol. The second kappa shape index (κ2) is 6.28. The van der Waals surface area contributed by atoms with Crippen LogP contribution in [0.15, 0.2) is 42.0 Å². The molecule has 25 heavy (non-hydrogen) atoms. The van der Waals surface area contributed by atoms with E-state index in [4.69, 9.17) is 14.2 Å². The van der Waals surface area contributed by atoms with Crippen LogP contribution < -0.4 is 14.2 Å². The molecule has 0 saturated carbocycles. The lowest BCUT2D eigenvalue weighted by atomic mass is 9.97. The smallest absolute Gasteiger partial charge is 0.196 e. The van der Waals surface area contributed by atoms with Crippen molar-refractivity contribution in [2.45, 2.75) is 26.4 Å². The Balaban J connectivity index is 1.74. The Labute approximate surface area is 147 Å². The number of rotatable bonds is 3. The van der Waals surface area contributed by atoms with E-state index in [0.29, 0.717) is 23.5 Å². The first-order valence-electron chi connectivity index (χ1n) is 8.59. The zero-order chi connectivity index (χ0) is 17.4. The molecule has 4 rings (SSSR count). The van der Waals surface area contributed by atoms with Gasteiger partial charge in [-0.3, -0.25) is 4.79 Å². The maximum Gasteiger partial charge on any atom is 0.196 e. The summed E-state index contributed by atoms with van der Waals surface area (Å²) in [5.41, 5.74) is 3.21. The molecule has 4 nitrogen and oxygen atoms in total. The molecule has 2 aliphatic rings. The van der Waals surface area contributed by atoms with Crippen molar-refractivity contribution in [3.05, 3.63) is 58.7 Å². The Morgan fingerprint density at radius 1 is 1.24 bits per heavy atom. The van der Waals surface area contributed by atoms with E-state index in [1.54, 1.807) is 6.07 Å². The fraction of sp³-hybridized carbons (Fsp3) is 0.286. The van der Waals surface area contributed by atoms with E-state index in [2.05, 4.69) is 0 Å². The Kier molecular flexibility index (Phi) is 3.96. The number of fused-ring (bicyclic) bond motifs is 2. The molecule has 2 aromatic carbocycles. The van der Waals surface area contributed by atoms with Gasteiger partial charge in [-0.2, -0.15) is 0 Å². The second-order valence-corrected chi connectivity index (χ2v) is 6.35. The molecule has 0 N–H and O–H groups in total. The maximum absolute atomic E-state index is 12.8. The topological polar surface area (TPSA) is 44.8 Å². The first-order chi connectivity index (χ1) is 12.2. The van der Waals surface area contributed by atoms with Crippen molar-refractivity contribution in [2.24, 2.45) is 0 Å². The van der Waals surface area contributed by atoms with Crippen molar-refractivity contribution in [1.82, 2.24) is 0 Å². The third kappa shape index (κ3) is 2.88. The van der Waals surface area contributed by atoms with Gasteiger partial charge in [0.05, 0.1) is 12.2 Å². The molecule has 4 heteroatoms. The van der Waals surface area contributed by atoms with Gasteiger partial charge in [0.25, 0.3) is 0 Å². The summed E-state index contributed by atoms with van der Waals surface area (Å²) in [4.78, 5) is 12.8. The number of para-hydroxylation sites is 1. The molecule has 2 aromatic rings. The van der Waals surface area contributed by atoms with Crippen molar-refractivity contribution in [2.75, 3.05) is 13.2 Å². The summed E-state index contributed by atoms with van der Waals surface area (Å²) in [7, 11) is 0. The quantitative estimate of drug-likeness (QED) is 0.793. The average molecular weight is 336 g/mol. The van der Waals surface area contributed by atoms with Crippen molar-refractivity contribution in [3.63, 3.8) is 0 Å². The van der Waals surface area contributed by atoms with Crippen LogP contribution in [0.25, 0.3) is 6.08 Å². The van der Waals surface area contributed by atoms with Crippen LogP contribution in [0, 0.1) is 0 Å². The summed E-state index contributed by atoms with van der Waals surface area (Å²) >= 11 is 0. The van der Waals surface area contributed by atoms with Crippen LogP contribution in [0.4, 0.5) is 0 Å². The average Bonchev–Trinajstić information content (AvgIpc) is 2.97. The summed E-state index contributed by atoms with van der Waals surface area (Å²) in [5, 5.41) is 0. The zero-order valence-corrected chi connectivity index (χ0v) is 14.4. The van der Waals surface area contributed by atoms with Crippen LogP contribution in [0.5, 0.6) is 17.2 Å². The van der Waals surface area contributed by atoms with Crippen LogP contribution in [0.1, 0.15) is 35.3 Å². The molecule has 2 aliphatic heterocycles. The number of Topliss-reactive ketones (excluding diaryl/α,β-unsaturated/α-hetero) is 1. The summed E-state index contributed by atoms with van der Waals surface area (Å²) in [6.45, 7) is 4.83. The molecule has 2 heterocycles. The fourth-order valence-electron chi connectivity index (χ4n) is 3.32. The first-order valence-corrected chi connectivity index (χ1v) is 8.59. The maximum atomic E-state index is 12.8. The normalized spacial score (nSPS) is 19.8. The van der Waals surface area contributed by atoms with Crippen molar-refractivity contribution in [3.8, 4) is 17.2 Å². The zero-order valence-electron chi connectivity index (χ0n) is 14.4. The predicted octanol–water partition coefficient (Wildman–Crippen LogP) is 4.07. The molecule has 0 aromatic heterocycles. The third-order valence-electron chi connectivity index (χ3n) is 4.46. The highest BCUT2D eigenvalue weighted by molar-refractivity contribution is 6.14. The van der Waals surface area contributed by atoms with E-state index in [0.717, 1.165) is 29.0 Å². The van der Waals surface area contributed by atoms with Crippen LogP contribution in [-0.2, 0) is 6.42 Å². The second-order valence-electron chi connectivity index (χ2n) is 6.35. The Morgan fingerprint density at radius 2 is 2.08 bits per heavy atom. The largest absolute Gasteiger partial charge is 0.493 e. The van der Waals surface area contributed by atoms with Gasteiger partial charge in [-0.15, -0.1) is 0 Å². The molecule has 0 bridgehead atoms. The van der Waals surface area contributed by atoms with E-state index in [9.17, 15) is 4.79 Å². The molecule has 0 radical (unpaired) electrons. The van der Waals surface area contributed by atoms with Crippen molar-refractivity contribution in [1.29, 1.82) is 0 Å². The molecule has 0 unspecified atom stereocenters. The van der Waals surface area contributed by atoms with Gasteiger partial charge >= 0.3 is 0 Å². The fourth-order valence-corrected chi connectivity index (χ4v) is 3.32. The minimum Gasteiger partial charge on any atom is -0.493 e. The van der Waals surface area contributed by atoms with Gasteiger partial charge in [-0.25, -0.2) is 0 Å². The number of ketones is 1. The van der Waals surface area contributed by atoms with Crippen LogP contribution in [0.2, 0.25) is 0 Å². The molecular formula is C21H20O4. The van der Waals surface area contributed by atoms with E-state index in [1.807, 2.05) is 50.3 Å². The third-order valence-corrected chi connectivity index (χ3v) is 4.46. The molecule has 1 atom stereocenters. The van der Waals surface area contributed by atoms with Gasteiger partial charge in [0, 0.05) is 23.1 Å². The van der Waals surface area contributed by atoms with Crippen molar-refractivity contribution >= 4 is 11.9 Å². The number of hydrogen-bond donors (Lipinski definition) is 0. The molecule has 0 aliphatic carbocycles. The first kappa shape index (κ1) is 15.8. The highest BCUT2D eigenvalue weighted by Crippen LogP contribution is 2.37.